The molecule has 0 amide bonds. The monoisotopic (exact) mass is 296 g/mol. The Labute approximate surface area is 102 Å². The summed E-state index contributed by atoms with van der Waals surface area (Å²) >= 11 is 15.1. The second-order valence-corrected chi connectivity index (χ2v) is 6.27. The van der Waals surface area contributed by atoms with Gasteiger partial charge in [-0.05, 0) is 28.4 Å². The second kappa shape index (κ2) is 5.24. The quantitative estimate of drug-likeness (QED) is 0.746. The van der Waals surface area contributed by atoms with Crippen molar-refractivity contribution >= 4 is 39.1 Å². The standard InChI is InChI=1S/C10H11BrCl2O/c1-2-7-14-9-6-4-3-5-8(9)10(11,12)13/h3-6H,2,7H2,1H3. The third kappa shape index (κ3) is 3.34. The van der Waals surface area contributed by atoms with E-state index in [-0.39, 0.29) is 0 Å². The lowest BCUT2D eigenvalue weighted by Gasteiger charge is -2.16. The van der Waals surface area contributed by atoms with E-state index in [0.29, 0.717) is 6.61 Å². The van der Waals surface area contributed by atoms with E-state index in [1.807, 2.05) is 31.2 Å². The fourth-order valence-corrected chi connectivity index (χ4v) is 1.68. The van der Waals surface area contributed by atoms with Gasteiger partial charge in [-0.1, -0.05) is 48.3 Å². The van der Waals surface area contributed by atoms with Crippen LogP contribution in [0.2, 0.25) is 0 Å². The van der Waals surface area contributed by atoms with E-state index in [4.69, 9.17) is 27.9 Å². The van der Waals surface area contributed by atoms with E-state index in [1.165, 1.54) is 0 Å². The molecule has 1 aromatic rings. The molecule has 0 N–H and O–H groups in total. The van der Waals surface area contributed by atoms with Gasteiger partial charge in [-0.2, -0.15) is 0 Å². The average Bonchev–Trinajstić information content (AvgIpc) is 2.14. The fraction of sp³-hybridized carbons (Fsp3) is 0.400. The predicted octanol–water partition coefficient (Wildman–Crippen LogP) is 4.46. The maximum atomic E-state index is 5.94. The highest BCUT2D eigenvalue weighted by Gasteiger charge is 2.25. The summed E-state index contributed by atoms with van der Waals surface area (Å²) in [6.45, 7) is 2.71. The molecule has 0 fully saturated rings. The van der Waals surface area contributed by atoms with E-state index < -0.39 is 3.24 Å². The molecule has 0 aliphatic rings. The van der Waals surface area contributed by atoms with Crippen LogP contribution in [0.15, 0.2) is 24.3 Å². The van der Waals surface area contributed by atoms with Crippen LogP contribution >= 0.6 is 39.1 Å². The normalized spacial score (nSPS) is 11.4. The molecular formula is C10H11BrCl2O. The van der Waals surface area contributed by atoms with Crippen LogP contribution in [-0.2, 0) is 3.24 Å². The van der Waals surface area contributed by atoms with E-state index in [0.717, 1.165) is 17.7 Å². The molecule has 0 saturated heterocycles. The average molecular weight is 298 g/mol. The van der Waals surface area contributed by atoms with Gasteiger partial charge in [-0.3, -0.25) is 0 Å². The van der Waals surface area contributed by atoms with Gasteiger partial charge in [0.1, 0.15) is 5.75 Å². The highest BCUT2D eigenvalue weighted by molar-refractivity contribution is 9.10. The van der Waals surface area contributed by atoms with Crippen molar-refractivity contribution in [2.45, 2.75) is 16.6 Å². The SMILES string of the molecule is CCCOc1ccccc1C(Cl)(Cl)Br. The summed E-state index contributed by atoms with van der Waals surface area (Å²) in [6, 6.07) is 7.45. The fourth-order valence-electron chi connectivity index (χ4n) is 1.04. The van der Waals surface area contributed by atoms with Gasteiger partial charge < -0.3 is 4.74 Å². The maximum absolute atomic E-state index is 5.94. The second-order valence-electron chi connectivity index (χ2n) is 2.84. The van der Waals surface area contributed by atoms with Crippen LogP contribution in [0.4, 0.5) is 0 Å². The summed E-state index contributed by atoms with van der Waals surface area (Å²) in [7, 11) is 0. The molecule has 14 heavy (non-hydrogen) atoms. The Balaban J connectivity index is 2.92. The first kappa shape index (κ1) is 12.2. The van der Waals surface area contributed by atoms with Crippen LogP contribution in [0.3, 0.4) is 0 Å². The van der Waals surface area contributed by atoms with E-state index >= 15 is 0 Å². The van der Waals surface area contributed by atoms with Crippen molar-refractivity contribution in [3.05, 3.63) is 29.8 Å². The Kier molecular flexibility index (Phi) is 4.55. The van der Waals surface area contributed by atoms with Crippen LogP contribution in [0, 0.1) is 0 Å². The Bertz CT molecular complexity index is 296. The number of halogens is 3. The van der Waals surface area contributed by atoms with Crippen molar-refractivity contribution in [1.29, 1.82) is 0 Å². The lowest BCUT2D eigenvalue weighted by molar-refractivity contribution is 0.314. The highest BCUT2D eigenvalue weighted by atomic mass is 79.9. The molecule has 0 atom stereocenters. The molecule has 78 valence electrons. The summed E-state index contributed by atoms with van der Waals surface area (Å²) in [5.74, 6) is 0.719. The summed E-state index contributed by atoms with van der Waals surface area (Å²) in [6.07, 6.45) is 0.953. The lowest BCUT2D eigenvalue weighted by Crippen LogP contribution is -2.05. The van der Waals surface area contributed by atoms with Crippen molar-refractivity contribution in [3.63, 3.8) is 0 Å². The van der Waals surface area contributed by atoms with Gasteiger partial charge in [0, 0.05) is 5.56 Å². The van der Waals surface area contributed by atoms with Crippen LogP contribution in [-0.4, -0.2) is 6.61 Å². The molecule has 1 aromatic carbocycles. The van der Waals surface area contributed by atoms with Gasteiger partial charge in [-0.25, -0.2) is 0 Å². The van der Waals surface area contributed by atoms with Crippen molar-refractivity contribution in [1.82, 2.24) is 0 Å². The van der Waals surface area contributed by atoms with Crippen LogP contribution in [0.5, 0.6) is 5.75 Å². The summed E-state index contributed by atoms with van der Waals surface area (Å²) in [5, 5.41) is 0. The van der Waals surface area contributed by atoms with Crippen molar-refractivity contribution in [2.75, 3.05) is 6.61 Å². The topological polar surface area (TPSA) is 9.23 Å². The smallest absolute Gasteiger partial charge is 0.200 e. The molecule has 4 heteroatoms. The molecular weight excluding hydrogens is 287 g/mol. The summed E-state index contributed by atoms with van der Waals surface area (Å²) in [5.41, 5.74) is 0.733. The maximum Gasteiger partial charge on any atom is 0.200 e. The first-order valence-corrected chi connectivity index (χ1v) is 5.89. The largest absolute Gasteiger partial charge is 0.493 e. The van der Waals surface area contributed by atoms with Gasteiger partial charge >= 0.3 is 0 Å². The van der Waals surface area contributed by atoms with Crippen LogP contribution in [0.1, 0.15) is 18.9 Å². The minimum atomic E-state index is -1.09. The Morgan fingerprint density at radius 2 is 2.00 bits per heavy atom. The zero-order chi connectivity index (χ0) is 10.6. The van der Waals surface area contributed by atoms with E-state index in [9.17, 15) is 0 Å². The van der Waals surface area contributed by atoms with Crippen molar-refractivity contribution < 1.29 is 4.74 Å². The summed E-state index contributed by atoms with van der Waals surface area (Å²) < 4.78 is 4.43. The molecule has 1 rings (SSSR count). The first-order chi connectivity index (χ1) is 6.55. The van der Waals surface area contributed by atoms with Crippen molar-refractivity contribution in [3.8, 4) is 5.75 Å². The lowest BCUT2D eigenvalue weighted by atomic mass is 10.2. The number of hydrogen-bond acceptors (Lipinski definition) is 1. The number of para-hydroxylation sites is 1. The Morgan fingerprint density at radius 3 is 2.57 bits per heavy atom. The molecule has 0 aliphatic carbocycles. The van der Waals surface area contributed by atoms with Crippen LogP contribution < -0.4 is 4.74 Å². The molecule has 0 aliphatic heterocycles. The predicted molar refractivity (Wildman–Crippen MR) is 64.5 cm³/mol. The van der Waals surface area contributed by atoms with Gasteiger partial charge in [0.05, 0.1) is 6.61 Å². The van der Waals surface area contributed by atoms with Gasteiger partial charge in [-0.15, -0.1) is 0 Å². The molecule has 0 radical (unpaired) electrons. The first-order valence-electron chi connectivity index (χ1n) is 4.34. The highest BCUT2D eigenvalue weighted by Crippen LogP contribution is 2.44. The third-order valence-electron chi connectivity index (χ3n) is 1.65. The van der Waals surface area contributed by atoms with Gasteiger partial charge in [0.15, 0.2) is 0 Å². The Hall–Kier alpha value is 0.0800. The molecule has 0 aromatic heterocycles. The third-order valence-corrected chi connectivity index (χ3v) is 2.49. The van der Waals surface area contributed by atoms with Gasteiger partial charge in [0.25, 0.3) is 0 Å². The summed E-state index contributed by atoms with van der Waals surface area (Å²) in [4.78, 5) is 0. The van der Waals surface area contributed by atoms with Crippen LogP contribution in [0.25, 0.3) is 0 Å². The van der Waals surface area contributed by atoms with E-state index in [2.05, 4.69) is 15.9 Å². The van der Waals surface area contributed by atoms with Crippen molar-refractivity contribution in [2.24, 2.45) is 0 Å². The molecule has 0 bridgehead atoms. The van der Waals surface area contributed by atoms with Gasteiger partial charge in [0.2, 0.25) is 3.24 Å². The molecule has 0 spiro atoms. The molecule has 0 heterocycles. The molecule has 0 unspecified atom stereocenters. The number of hydrogen-bond donors (Lipinski definition) is 0. The van der Waals surface area contributed by atoms with E-state index in [1.54, 1.807) is 0 Å². The Morgan fingerprint density at radius 1 is 1.36 bits per heavy atom. The number of benzene rings is 1. The molecule has 1 nitrogen and oxygen atoms in total. The number of rotatable bonds is 4. The number of alkyl halides is 3. The number of ether oxygens (including phenoxy) is 1. The zero-order valence-electron chi connectivity index (χ0n) is 7.77. The minimum Gasteiger partial charge on any atom is -0.493 e. The zero-order valence-corrected chi connectivity index (χ0v) is 10.9. The molecule has 0 saturated carbocycles. The minimum absolute atomic E-state index is 0.661.